The third-order valence-electron chi connectivity index (χ3n) is 3.84. The Balaban J connectivity index is 1.55. The summed E-state index contributed by atoms with van der Waals surface area (Å²) < 4.78 is 5.57. The molecule has 1 N–H and O–H groups in total. The topological polar surface area (TPSA) is 38.3 Å². The minimum atomic E-state index is 0.111. The molecule has 0 radical (unpaired) electrons. The summed E-state index contributed by atoms with van der Waals surface area (Å²) in [6.07, 6.45) is 6.91. The second-order valence-electron chi connectivity index (χ2n) is 5.59. The molecule has 1 saturated heterocycles. The first-order valence-electron chi connectivity index (χ1n) is 7.87. The Morgan fingerprint density at radius 3 is 2.90 bits per heavy atom. The molecule has 1 unspecified atom stereocenters. The molecule has 1 heterocycles. The first-order valence-corrected chi connectivity index (χ1v) is 8.25. The third kappa shape index (κ3) is 6.06. The highest BCUT2D eigenvalue weighted by Crippen LogP contribution is 2.17. The molecule has 4 heteroatoms. The maximum absolute atomic E-state index is 11.8. The summed E-state index contributed by atoms with van der Waals surface area (Å²) in [5.41, 5.74) is 1.18. The van der Waals surface area contributed by atoms with Gasteiger partial charge in [-0.2, -0.15) is 0 Å². The highest BCUT2D eigenvalue weighted by molar-refractivity contribution is 6.31. The number of carbonyl (C=O) groups excluding carboxylic acids is 1. The van der Waals surface area contributed by atoms with Crippen LogP contribution >= 0.6 is 11.6 Å². The number of hydrogen-bond acceptors (Lipinski definition) is 2. The lowest BCUT2D eigenvalue weighted by molar-refractivity contribution is -0.124. The van der Waals surface area contributed by atoms with E-state index in [1.165, 1.54) is 12.0 Å². The van der Waals surface area contributed by atoms with Gasteiger partial charge in [-0.1, -0.05) is 29.8 Å². The number of benzene rings is 1. The van der Waals surface area contributed by atoms with Gasteiger partial charge in [0.2, 0.25) is 5.91 Å². The Morgan fingerprint density at radius 2 is 2.14 bits per heavy atom. The Hall–Kier alpha value is -1.06. The van der Waals surface area contributed by atoms with Crippen LogP contribution in [0.2, 0.25) is 5.02 Å². The minimum absolute atomic E-state index is 0.111. The summed E-state index contributed by atoms with van der Waals surface area (Å²) in [5, 5.41) is 3.81. The lowest BCUT2D eigenvalue weighted by Gasteiger charge is -2.21. The number of carbonyl (C=O) groups is 1. The van der Waals surface area contributed by atoms with Gasteiger partial charge in [0.15, 0.2) is 0 Å². The SMILES string of the molecule is O=C(CC1CCCCO1)NCCCCc1ccccc1Cl. The number of ether oxygens (including phenoxy) is 1. The van der Waals surface area contributed by atoms with E-state index in [9.17, 15) is 4.79 Å². The molecular formula is C17H24ClNO2. The molecule has 1 aromatic carbocycles. The normalized spacial score (nSPS) is 18.4. The Kier molecular flexibility index (Phi) is 7.04. The van der Waals surface area contributed by atoms with Crippen LogP contribution < -0.4 is 5.32 Å². The van der Waals surface area contributed by atoms with Crippen LogP contribution in [0.15, 0.2) is 24.3 Å². The van der Waals surface area contributed by atoms with Crippen LogP contribution in [0.4, 0.5) is 0 Å². The monoisotopic (exact) mass is 309 g/mol. The van der Waals surface area contributed by atoms with Crippen LogP contribution in [0.1, 0.15) is 44.1 Å². The molecule has 1 fully saturated rings. The lowest BCUT2D eigenvalue weighted by Crippen LogP contribution is -2.31. The number of amides is 1. The van der Waals surface area contributed by atoms with Crippen molar-refractivity contribution in [1.29, 1.82) is 0 Å². The van der Waals surface area contributed by atoms with E-state index in [1.54, 1.807) is 0 Å². The fraction of sp³-hybridized carbons (Fsp3) is 0.588. The van der Waals surface area contributed by atoms with Crippen LogP contribution in [-0.4, -0.2) is 25.2 Å². The van der Waals surface area contributed by atoms with Gasteiger partial charge in [0.05, 0.1) is 12.5 Å². The molecular weight excluding hydrogens is 286 g/mol. The van der Waals surface area contributed by atoms with E-state index in [0.29, 0.717) is 6.42 Å². The average molecular weight is 310 g/mol. The number of hydrogen-bond donors (Lipinski definition) is 1. The third-order valence-corrected chi connectivity index (χ3v) is 4.21. The summed E-state index contributed by atoms with van der Waals surface area (Å²) in [6, 6.07) is 7.93. The van der Waals surface area contributed by atoms with Crippen molar-refractivity contribution >= 4 is 17.5 Å². The minimum Gasteiger partial charge on any atom is -0.378 e. The highest BCUT2D eigenvalue weighted by atomic mass is 35.5. The van der Waals surface area contributed by atoms with Gasteiger partial charge in [-0.05, 0) is 50.2 Å². The zero-order valence-corrected chi connectivity index (χ0v) is 13.2. The first-order chi connectivity index (χ1) is 10.3. The zero-order valence-electron chi connectivity index (χ0n) is 12.4. The molecule has 1 amide bonds. The number of nitrogens with one attached hydrogen (secondary N) is 1. The quantitative estimate of drug-likeness (QED) is 0.779. The van der Waals surface area contributed by atoms with Gasteiger partial charge in [0.1, 0.15) is 0 Å². The summed E-state index contributed by atoms with van der Waals surface area (Å²) in [6.45, 7) is 1.53. The van der Waals surface area contributed by atoms with Crippen LogP contribution in [0.3, 0.4) is 0 Å². The molecule has 1 aliphatic heterocycles. The fourth-order valence-corrected chi connectivity index (χ4v) is 2.85. The van der Waals surface area contributed by atoms with Crippen molar-refractivity contribution in [3.05, 3.63) is 34.9 Å². The van der Waals surface area contributed by atoms with Crippen molar-refractivity contribution in [2.24, 2.45) is 0 Å². The number of halogens is 1. The maximum Gasteiger partial charge on any atom is 0.222 e. The lowest BCUT2D eigenvalue weighted by atomic mass is 10.1. The first kappa shape index (κ1) is 16.3. The van der Waals surface area contributed by atoms with Gasteiger partial charge < -0.3 is 10.1 Å². The van der Waals surface area contributed by atoms with E-state index >= 15 is 0 Å². The van der Waals surface area contributed by atoms with E-state index < -0.39 is 0 Å². The van der Waals surface area contributed by atoms with Crippen LogP contribution in [0, 0.1) is 0 Å². The van der Waals surface area contributed by atoms with Crippen molar-refractivity contribution in [1.82, 2.24) is 5.32 Å². The van der Waals surface area contributed by atoms with Crippen molar-refractivity contribution < 1.29 is 9.53 Å². The zero-order chi connectivity index (χ0) is 14.9. The van der Waals surface area contributed by atoms with Gasteiger partial charge in [0, 0.05) is 18.2 Å². The molecule has 1 aliphatic rings. The predicted octanol–water partition coefficient (Wildman–Crippen LogP) is 3.74. The molecule has 2 rings (SSSR count). The molecule has 0 aliphatic carbocycles. The van der Waals surface area contributed by atoms with E-state index in [4.69, 9.17) is 16.3 Å². The second-order valence-corrected chi connectivity index (χ2v) is 6.00. The van der Waals surface area contributed by atoms with Crippen LogP contribution in [0.5, 0.6) is 0 Å². The van der Waals surface area contributed by atoms with Gasteiger partial charge in [-0.25, -0.2) is 0 Å². The molecule has 1 aromatic rings. The van der Waals surface area contributed by atoms with Crippen molar-refractivity contribution in [3.63, 3.8) is 0 Å². The van der Waals surface area contributed by atoms with Crippen LogP contribution in [-0.2, 0) is 16.0 Å². The molecule has 21 heavy (non-hydrogen) atoms. The summed E-state index contributed by atoms with van der Waals surface area (Å²) in [5.74, 6) is 0.111. The molecule has 1 atom stereocenters. The summed E-state index contributed by atoms with van der Waals surface area (Å²) in [4.78, 5) is 11.8. The summed E-state index contributed by atoms with van der Waals surface area (Å²) in [7, 11) is 0. The van der Waals surface area contributed by atoms with E-state index in [2.05, 4.69) is 11.4 Å². The summed E-state index contributed by atoms with van der Waals surface area (Å²) >= 11 is 6.11. The largest absolute Gasteiger partial charge is 0.378 e. The Labute approximate surface area is 132 Å². The standard InChI is InChI=1S/C17H24ClNO2/c18-16-10-2-1-7-14(16)8-3-5-11-19-17(20)13-15-9-4-6-12-21-15/h1-2,7,10,15H,3-6,8-9,11-13H2,(H,19,20). The average Bonchev–Trinajstić information content (AvgIpc) is 2.50. The van der Waals surface area contributed by atoms with Gasteiger partial charge in [-0.3, -0.25) is 4.79 Å². The molecule has 3 nitrogen and oxygen atoms in total. The predicted molar refractivity (Wildman–Crippen MR) is 85.6 cm³/mol. The molecule has 0 aromatic heterocycles. The molecule has 0 bridgehead atoms. The number of rotatable bonds is 7. The molecule has 0 spiro atoms. The number of unbranched alkanes of at least 4 members (excludes halogenated alkanes) is 1. The van der Waals surface area contributed by atoms with Gasteiger partial charge in [0.25, 0.3) is 0 Å². The van der Waals surface area contributed by atoms with Crippen LogP contribution in [0.25, 0.3) is 0 Å². The van der Waals surface area contributed by atoms with Gasteiger partial charge in [-0.15, -0.1) is 0 Å². The van der Waals surface area contributed by atoms with E-state index in [0.717, 1.165) is 50.3 Å². The number of aryl methyl sites for hydroxylation is 1. The Morgan fingerprint density at radius 1 is 1.29 bits per heavy atom. The Bertz CT molecular complexity index is 444. The maximum atomic E-state index is 11.8. The van der Waals surface area contributed by atoms with Crippen molar-refractivity contribution in [2.75, 3.05) is 13.2 Å². The van der Waals surface area contributed by atoms with E-state index in [1.807, 2.05) is 18.2 Å². The van der Waals surface area contributed by atoms with E-state index in [-0.39, 0.29) is 12.0 Å². The van der Waals surface area contributed by atoms with Gasteiger partial charge >= 0.3 is 0 Å². The molecule has 0 saturated carbocycles. The smallest absolute Gasteiger partial charge is 0.222 e. The van der Waals surface area contributed by atoms with Crippen molar-refractivity contribution in [3.8, 4) is 0 Å². The highest BCUT2D eigenvalue weighted by Gasteiger charge is 2.17. The molecule has 116 valence electrons. The second kappa shape index (κ2) is 9.06. The van der Waals surface area contributed by atoms with Crippen molar-refractivity contribution in [2.45, 2.75) is 51.0 Å². The fourth-order valence-electron chi connectivity index (χ4n) is 2.62.